The first-order valence-electron chi connectivity index (χ1n) is 9.08. The molecule has 0 aliphatic carbocycles. The zero-order valence-corrected chi connectivity index (χ0v) is 17.7. The molecule has 9 nitrogen and oxygen atoms in total. The second kappa shape index (κ2) is 7.64. The smallest absolute Gasteiger partial charge is 0.277 e. The number of anilines is 1. The summed E-state index contributed by atoms with van der Waals surface area (Å²) in [7, 11) is -5.01. The van der Waals surface area contributed by atoms with Gasteiger partial charge in [-0.05, 0) is 36.4 Å². The standard InChI is InChI=1S/C19H12ClF3N4O5S/c20-10-6-8-12(9-7-10)33(31,32)26-18(19(21,22)23)13-14(24-16(18)29)27(17(30)25-15(13)28)11-4-2-1-3-5-11/h1-9,13,26H,(H,25,28,30). The van der Waals surface area contributed by atoms with Gasteiger partial charge in [-0.2, -0.15) is 22.9 Å². The van der Waals surface area contributed by atoms with Crippen LogP contribution in [0.5, 0.6) is 0 Å². The second-order valence-electron chi connectivity index (χ2n) is 7.04. The van der Waals surface area contributed by atoms with Crippen molar-refractivity contribution in [3.05, 3.63) is 59.6 Å². The normalized spacial score (nSPS) is 23.3. The van der Waals surface area contributed by atoms with E-state index in [9.17, 15) is 36.0 Å². The van der Waals surface area contributed by atoms with Crippen molar-refractivity contribution in [3.63, 3.8) is 0 Å². The van der Waals surface area contributed by atoms with Crippen molar-refractivity contribution in [1.29, 1.82) is 0 Å². The largest absolute Gasteiger partial charge is 0.417 e. The lowest BCUT2D eigenvalue weighted by atomic mass is 9.82. The van der Waals surface area contributed by atoms with Crippen molar-refractivity contribution in [1.82, 2.24) is 10.0 Å². The number of alkyl halides is 3. The molecule has 1 saturated heterocycles. The molecule has 2 aliphatic rings. The Labute approximate surface area is 189 Å². The van der Waals surface area contributed by atoms with Crippen LogP contribution in [0.25, 0.3) is 0 Å². The van der Waals surface area contributed by atoms with Crippen LogP contribution < -0.4 is 14.9 Å². The van der Waals surface area contributed by atoms with E-state index >= 15 is 0 Å². The van der Waals surface area contributed by atoms with Crippen LogP contribution in [0.3, 0.4) is 0 Å². The number of urea groups is 1. The van der Waals surface area contributed by atoms with Gasteiger partial charge in [0.2, 0.25) is 21.5 Å². The maximum absolute atomic E-state index is 14.4. The first-order valence-corrected chi connectivity index (χ1v) is 10.9. The number of fused-ring (bicyclic) bond motifs is 1. The molecule has 2 heterocycles. The Hall–Kier alpha value is -3.29. The van der Waals surface area contributed by atoms with E-state index in [4.69, 9.17) is 11.6 Å². The predicted molar refractivity (Wildman–Crippen MR) is 109 cm³/mol. The van der Waals surface area contributed by atoms with Crippen molar-refractivity contribution in [2.45, 2.75) is 16.6 Å². The number of nitrogens with zero attached hydrogens (tertiary/aromatic N) is 2. The Bertz CT molecular complexity index is 1300. The number of benzene rings is 2. The summed E-state index contributed by atoms with van der Waals surface area (Å²) in [4.78, 5) is 41.1. The number of amides is 4. The van der Waals surface area contributed by atoms with Gasteiger partial charge in [0.1, 0.15) is 11.8 Å². The highest BCUT2D eigenvalue weighted by Gasteiger charge is 2.74. The molecule has 2 aromatic carbocycles. The summed E-state index contributed by atoms with van der Waals surface area (Å²) >= 11 is 5.70. The Morgan fingerprint density at radius 2 is 1.64 bits per heavy atom. The third kappa shape index (κ3) is 3.57. The monoisotopic (exact) mass is 500 g/mol. The van der Waals surface area contributed by atoms with E-state index in [0.29, 0.717) is 4.90 Å². The van der Waals surface area contributed by atoms with E-state index in [1.807, 2.05) is 0 Å². The van der Waals surface area contributed by atoms with Gasteiger partial charge in [-0.25, -0.2) is 18.1 Å². The topological polar surface area (TPSA) is 125 Å². The molecule has 0 aromatic heterocycles. The fourth-order valence-corrected chi connectivity index (χ4v) is 5.04. The lowest BCUT2D eigenvalue weighted by Gasteiger charge is -2.38. The van der Waals surface area contributed by atoms with Crippen LogP contribution in [0.2, 0.25) is 5.02 Å². The third-order valence-electron chi connectivity index (χ3n) is 5.05. The van der Waals surface area contributed by atoms with Crippen molar-refractivity contribution < 1.29 is 36.0 Å². The van der Waals surface area contributed by atoms with Gasteiger partial charge >= 0.3 is 12.2 Å². The number of rotatable bonds is 4. The molecule has 0 bridgehead atoms. The van der Waals surface area contributed by atoms with E-state index in [1.165, 1.54) is 29.0 Å². The van der Waals surface area contributed by atoms with E-state index in [1.54, 1.807) is 11.4 Å². The van der Waals surface area contributed by atoms with Crippen LogP contribution in [0, 0.1) is 5.92 Å². The second-order valence-corrected chi connectivity index (χ2v) is 9.16. The summed E-state index contributed by atoms with van der Waals surface area (Å²) in [6.45, 7) is 0. The summed E-state index contributed by atoms with van der Waals surface area (Å²) in [6.07, 6.45) is -5.61. The molecule has 0 radical (unpaired) electrons. The average molecular weight is 501 g/mol. The molecule has 4 amide bonds. The minimum absolute atomic E-state index is 0.0117. The Kier molecular flexibility index (Phi) is 5.30. The van der Waals surface area contributed by atoms with E-state index in [-0.39, 0.29) is 10.7 Å². The molecule has 14 heteroatoms. The van der Waals surface area contributed by atoms with Gasteiger partial charge in [-0.1, -0.05) is 29.8 Å². The zero-order chi connectivity index (χ0) is 24.2. The van der Waals surface area contributed by atoms with Crippen molar-refractivity contribution in [3.8, 4) is 0 Å². The summed E-state index contributed by atoms with van der Waals surface area (Å²) in [6, 6.07) is 10.1. The first kappa shape index (κ1) is 22.9. The van der Waals surface area contributed by atoms with Gasteiger partial charge in [0.15, 0.2) is 0 Å². The fourth-order valence-electron chi connectivity index (χ4n) is 3.56. The molecule has 0 saturated carbocycles. The minimum Gasteiger partial charge on any atom is -0.277 e. The summed E-state index contributed by atoms with van der Waals surface area (Å²) in [5, 5.41) is 1.86. The Morgan fingerprint density at radius 3 is 2.21 bits per heavy atom. The van der Waals surface area contributed by atoms with Gasteiger partial charge < -0.3 is 0 Å². The number of carbonyl (C=O) groups excluding carboxylic acids is 3. The number of halogens is 4. The fraction of sp³-hybridized carbons (Fsp3) is 0.158. The number of hydrogen-bond acceptors (Lipinski definition) is 5. The lowest BCUT2D eigenvalue weighted by molar-refractivity contribution is -0.199. The molecule has 4 rings (SSSR count). The number of hydrogen-bond donors (Lipinski definition) is 2. The van der Waals surface area contributed by atoms with Gasteiger partial charge in [0.25, 0.3) is 5.91 Å². The minimum atomic E-state index is -5.61. The average Bonchev–Trinajstić information content (AvgIpc) is 3.01. The van der Waals surface area contributed by atoms with Crippen molar-refractivity contribution in [2.24, 2.45) is 10.9 Å². The number of carbonyl (C=O) groups is 3. The molecule has 2 N–H and O–H groups in total. The van der Waals surface area contributed by atoms with Crippen LogP contribution >= 0.6 is 11.6 Å². The molecule has 2 aliphatic heterocycles. The molecular formula is C19H12ClF3N4O5S. The Morgan fingerprint density at radius 1 is 1.03 bits per heavy atom. The van der Waals surface area contributed by atoms with Crippen LogP contribution in [-0.2, 0) is 19.6 Å². The van der Waals surface area contributed by atoms with E-state index in [2.05, 4.69) is 4.99 Å². The third-order valence-corrected chi connectivity index (χ3v) is 6.79. The highest BCUT2D eigenvalue weighted by molar-refractivity contribution is 7.89. The SMILES string of the molecule is O=C1NC(=O)N(c2ccccc2)C2=NC(=O)C(NS(=O)(=O)c3ccc(Cl)cc3)(C(F)(F)F)C12. The summed E-state index contributed by atoms with van der Waals surface area (Å²) in [5.41, 5.74) is -3.98. The van der Waals surface area contributed by atoms with Crippen LogP contribution in [-0.4, -0.2) is 43.8 Å². The van der Waals surface area contributed by atoms with Gasteiger partial charge in [0, 0.05) is 5.02 Å². The molecule has 1 fully saturated rings. The first-order chi connectivity index (χ1) is 15.4. The number of para-hydroxylation sites is 1. The number of nitrogens with one attached hydrogen (secondary N) is 2. The zero-order valence-electron chi connectivity index (χ0n) is 16.1. The van der Waals surface area contributed by atoms with Gasteiger partial charge in [-0.3, -0.25) is 14.9 Å². The van der Waals surface area contributed by atoms with Crippen LogP contribution in [0.4, 0.5) is 23.7 Å². The highest BCUT2D eigenvalue weighted by Crippen LogP contribution is 2.45. The number of aliphatic imine (C=N–C) groups is 1. The molecule has 2 atom stereocenters. The highest BCUT2D eigenvalue weighted by atomic mass is 35.5. The molecule has 172 valence electrons. The number of sulfonamides is 1. The van der Waals surface area contributed by atoms with E-state index in [0.717, 1.165) is 24.3 Å². The molecule has 2 unspecified atom stereocenters. The molecule has 0 spiro atoms. The number of amidine groups is 1. The van der Waals surface area contributed by atoms with Gasteiger partial charge in [-0.15, -0.1) is 0 Å². The quantitative estimate of drug-likeness (QED) is 0.666. The van der Waals surface area contributed by atoms with Crippen LogP contribution in [0.1, 0.15) is 0 Å². The van der Waals surface area contributed by atoms with Crippen LogP contribution in [0.15, 0.2) is 64.5 Å². The number of imide groups is 1. The molecule has 33 heavy (non-hydrogen) atoms. The predicted octanol–water partition coefficient (Wildman–Crippen LogP) is 2.23. The summed E-state index contributed by atoms with van der Waals surface area (Å²) < 4.78 is 70.3. The lowest BCUT2D eigenvalue weighted by Crippen LogP contribution is -2.72. The Balaban J connectivity index is 1.86. The maximum atomic E-state index is 14.4. The van der Waals surface area contributed by atoms with Crippen molar-refractivity contribution in [2.75, 3.05) is 4.90 Å². The van der Waals surface area contributed by atoms with Gasteiger partial charge in [0.05, 0.1) is 10.6 Å². The molecular weight excluding hydrogens is 489 g/mol. The molecule has 2 aromatic rings. The summed E-state index contributed by atoms with van der Waals surface area (Å²) in [5.74, 6) is -6.88. The maximum Gasteiger partial charge on any atom is 0.417 e. The van der Waals surface area contributed by atoms with E-state index < -0.39 is 56.2 Å². The van der Waals surface area contributed by atoms with Crippen molar-refractivity contribution >= 4 is 51.0 Å².